The Labute approximate surface area is 99.9 Å². The van der Waals surface area contributed by atoms with Crippen LogP contribution in [0.4, 0.5) is 0 Å². The van der Waals surface area contributed by atoms with Crippen molar-refractivity contribution in [3.63, 3.8) is 0 Å². The van der Waals surface area contributed by atoms with Gasteiger partial charge in [0.2, 0.25) is 0 Å². The Bertz CT molecular complexity index is 357. The van der Waals surface area contributed by atoms with Gasteiger partial charge < -0.3 is 14.1 Å². The molecule has 0 unspecified atom stereocenters. The second kappa shape index (κ2) is 7.87. The first kappa shape index (κ1) is 19.1. The third kappa shape index (κ3) is 3.34. The molecule has 0 spiro atoms. The van der Waals surface area contributed by atoms with Gasteiger partial charge in [0.1, 0.15) is 0 Å². The predicted molar refractivity (Wildman–Crippen MR) is 44.3 cm³/mol. The zero-order chi connectivity index (χ0) is 6.97. The van der Waals surface area contributed by atoms with Crippen LogP contribution < -0.4 is 14.1 Å². The van der Waals surface area contributed by atoms with Crippen molar-refractivity contribution >= 4 is 10.8 Å². The first-order chi connectivity index (χ1) is 4.88. The first-order valence-electron chi connectivity index (χ1n) is 3.49. The fourth-order valence-corrected chi connectivity index (χ4v) is 1.31. The Kier molecular flexibility index (Phi) is 10.8. The van der Waals surface area contributed by atoms with Gasteiger partial charge in [-0.05, 0) is 0 Å². The average Bonchev–Trinajstić information content (AvgIpc) is 2.34. The van der Waals surface area contributed by atoms with Gasteiger partial charge in [-0.2, -0.15) is 12.1 Å². The van der Waals surface area contributed by atoms with Crippen molar-refractivity contribution in [2.75, 3.05) is 0 Å². The number of hydrogen-bond donors (Lipinski definition) is 0. The van der Waals surface area contributed by atoms with E-state index in [2.05, 4.69) is 43.3 Å². The van der Waals surface area contributed by atoms with Gasteiger partial charge in [-0.15, -0.1) is 34.5 Å². The van der Waals surface area contributed by atoms with Gasteiger partial charge in [0, 0.05) is 0 Å². The Morgan fingerprint density at radius 1 is 0.929 bits per heavy atom. The summed E-state index contributed by atoms with van der Waals surface area (Å²) in [6, 6.07) is 12.8. The van der Waals surface area contributed by atoms with E-state index in [4.69, 9.17) is 0 Å². The molecule has 4 heteroatoms. The Balaban J connectivity index is -0.000000302. The zero-order valence-electron chi connectivity index (χ0n) is 7.60. The van der Waals surface area contributed by atoms with Crippen LogP contribution in [-0.2, 0) is 26.2 Å². The van der Waals surface area contributed by atoms with E-state index in [1.54, 1.807) is 0 Å². The van der Waals surface area contributed by atoms with E-state index < -0.39 is 0 Å². The van der Waals surface area contributed by atoms with E-state index in [0.29, 0.717) is 0 Å². The summed E-state index contributed by atoms with van der Waals surface area (Å²) in [5.74, 6) is 0. The van der Waals surface area contributed by atoms with Gasteiger partial charge in [-0.3, -0.25) is 0 Å². The van der Waals surface area contributed by atoms with Gasteiger partial charge in [-0.25, -0.2) is 0 Å². The van der Waals surface area contributed by atoms with Crippen molar-refractivity contribution in [3.8, 4) is 0 Å². The summed E-state index contributed by atoms with van der Waals surface area (Å²) in [5.41, 5.74) is 1.37. The topological polar surface area (TPSA) is 0 Å². The minimum Gasteiger partial charge on any atom is -1.00 e. The number of benzene rings is 1. The van der Waals surface area contributed by atoms with Crippen molar-refractivity contribution in [2.24, 2.45) is 0 Å². The van der Waals surface area contributed by atoms with Crippen LogP contribution in [0.3, 0.4) is 0 Å². The average molecular weight is 277 g/mol. The normalized spacial score (nSPS) is 7.50. The second-order valence-corrected chi connectivity index (χ2v) is 2.60. The van der Waals surface area contributed by atoms with Crippen LogP contribution in [0.15, 0.2) is 36.4 Å². The Hall–Kier alpha value is -0.497. The maximum atomic E-state index is 2.16. The van der Waals surface area contributed by atoms with E-state index in [-0.39, 0.29) is 40.3 Å². The molecular weight excluding hydrogens is 268 g/mol. The van der Waals surface area contributed by atoms with Crippen molar-refractivity contribution < 1.29 is 40.3 Å². The smallest absolute Gasteiger partial charge is 1.00 e. The molecule has 0 saturated heterocycles. The summed E-state index contributed by atoms with van der Waals surface area (Å²) in [6.07, 6.45) is 0. The molecule has 14 heavy (non-hydrogen) atoms. The molecule has 0 bridgehead atoms. The standard InChI is InChI=1S/C10H9.3FH.Zr/c1-8-6-7-9-4-2-3-5-10(8)9;;;;/h2-7H,1H3;3*1H;/q-1;;;;+4/p-3. The fraction of sp³-hybridized carbons (Fsp3) is 0.100. The third-order valence-corrected chi connectivity index (χ3v) is 1.90. The van der Waals surface area contributed by atoms with Crippen LogP contribution in [0.1, 0.15) is 5.56 Å². The summed E-state index contributed by atoms with van der Waals surface area (Å²) in [4.78, 5) is 0. The molecule has 2 rings (SSSR count). The van der Waals surface area contributed by atoms with Crippen molar-refractivity contribution in [1.29, 1.82) is 0 Å². The SMILES string of the molecule is C[c-]1ccc2ccccc21.[F-].[F-].[F-].[Zr+4]. The molecule has 0 aliphatic rings. The first-order valence-corrected chi connectivity index (χ1v) is 3.49. The monoisotopic (exact) mass is 276 g/mol. The summed E-state index contributed by atoms with van der Waals surface area (Å²) in [5, 5.41) is 2.72. The minimum atomic E-state index is 0. The molecule has 0 amide bonds. The van der Waals surface area contributed by atoms with Crippen LogP contribution in [0, 0.1) is 6.92 Å². The van der Waals surface area contributed by atoms with Crippen LogP contribution in [0.25, 0.3) is 10.8 Å². The van der Waals surface area contributed by atoms with Gasteiger partial charge in [-0.1, -0.05) is 13.0 Å². The summed E-state index contributed by atoms with van der Waals surface area (Å²) >= 11 is 0. The molecule has 2 aromatic rings. The molecule has 0 radical (unpaired) electrons. The molecule has 74 valence electrons. The van der Waals surface area contributed by atoms with Crippen molar-refractivity contribution in [3.05, 3.63) is 42.0 Å². The van der Waals surface area contributed by atoms with Gasteiger partial charge in [0.05, 0.1) is 0 Å². The zero-order valence-corrected chi connectivity index (χ0v) is 10.1. The second-order valence-electron chi connectivity index (χ2n) is 2.60. The summed E-state index contributed by atoms with van der Waals surface area (Å²) < 4.78 is 0. The van der Waals surface area contributed by atoms with E-state index >= 15 is 0 Å². The van der Waals surface area contributed by atoms with Crippen LogP contribution >= 0.6 is 0 Å². The molecule has 0 heterocycles. The van der Waals surface area contributed by atoms with E-state index in [1.807, 2.05) is 0 Å². The number of halogens is 3. The van der Waals surface area contributed by atoms with Crippen LogP contribution in [0.2, 0.25) is 0 Å². The third-order valence-electron chi connectivity index (χ3n) is 1.90. The molecule has 0 aliphatic heterocycles. The van der Waals surface area contributed by atoms with E-state index in [9.17, 15) is 0 Å². The fourth-order valence-electron chi connectivity index (χ4n) is 1.31. The van der Waals surface area contributed by atoms with Crippen LogP contribution in [0.5, 0.6) is 0 Å². The number of rotatable bonds is 0. The molecule has 0 nitrogen and oxygen atoms in total. The molecule has 0 N–H and O–H groups in total. The molecule has 0 aliphatic carbocycles. The predicted octanol–water partition coefficient (Wildman–Crippen LogP) is -6.12. The number of fused-ring (bicyclic) bond motifs is 1. The van der Waals surface area contributed by atoms with E-state index in [1.165, 1.54) is 16.3 Å². The molecular formula is C10H9F3Zr. The number of hydrogen-bond acceptors (Lipinski definition) is 0. The van der Waals surface area contributed by atoms with E-state index in [0.717, 1.165) is 0 Å². The molecule has 0 fully saturated rings. The Morgan fingerprint density at radius 2 is 1.50 bits per heavy atom. The molecule has 2 aromatic carbocycles. The summed E-state index contributed by atoms with van der Waals surface area (Å²) in [6.45, 7) is 2.14. The van der Waals surface area contributed by atoms with Crippen molar-refractivity contribution in [1.82, 2.24) is 0 Å². The number of aryl methyl sites for hydroxylation is 1. The molecule has 0 saturated carbocycles. The van der Waals surface area contributed by atoms with Crippen LogP contribution in [-0.4, -0.2) is 0 Å². The Morgan fingerprint density at radius 3 is 2.07 bits per heavy atom. The maximum Gasteiger partial charge on any atom is 4.00 e. The largest absolute Gasteiger partial charge is 4.00 e. The maximum absolute atomic E-state index is 2.16. The van der Waals surface area contributed by atoms with Gasteiger partial charge >= 0.3 is 26.2 Å². The minimum absolute atomic E-state index is 0. The molecule has 0 atom stereocenters. The molecule has 0 aromatic heterocycles. The van der Waals surface area contributed by atoms with Gasteiger partial charge in [0.15, 0.2) is 0 Å². The van der Waals surface area contributed by atoms with Crippen molar-refractivity contribution in [2.45, 2.75) is 6.92 Å². The summed E-state index contributed by atoms with van der Waals surface area (Å²) in [7, 11) is 0. The van der Waals surface area contributed by atoms with Gasteiger partial charge in [0.25, 0.3) is 0 Å². The quantitative estimate of drug-likeness (QED) is 0.421.